The average Bonchev–Trinajstić information content (AvgIpc) is 2.74. The van der Waals surface area contributed by atoms with E-state index in [1.807, 2.05) is 0 Å². The summed E-state index contributed by atoms with van der Waals surface area (Å²) in [6.07, 6.45) is 2.52. The van der Waals surface area contributed by atoms with Crippen LogP contribution in [0, 0.1) is 11.7 Å². The van der Waals surface area contributed by atoms with E-state index >= 15 is 0 Å². The van der Waals surface area contributed by atoms with Crippen molar-refractivity contribution in [3.63, 3.8) is 0 Å². The molecule has 4 nitrogen and oxygen atoms in total. The SMILES string of the molecule is Cl.NCC1CCCC1NS(=O)(=O)c1c(F)cccc1Cl. The summed E-state index contributed by atoms with van der Waals surface area (Å²) in [5.41, 5.74) is 5.61. The molecule has 0 spiro atoms. The molecule has 0 bridgehead atoms. The van der Waals surface area contributed by atoms with Crippen LogP contribution < -0.4 is 10.5 Å². The Morgan fingerprint density at radius 3 is 2.70 bits per heavy atom. The molecule has 0 amide bonds. The Kier molecular flexibility index (Phi) is 6.22. The van der Waals surface area contributed by atoms with Crippen LogP contribution in [0.1, 0.15) is 19.3 Å². The van der Waals surface area contributed by atoms with E-state index < -0.39 is 20.7 Å². The van der Waals surface area contributed by atoms with Gasteiger partial charge in [-0.1, -0.05) is 24.1 Å². The van der Waals surface area contributed by atoms with Gasteiger partial charge in [0.15, 0.2) is 0 Å². The lowest BCUT2D eigenvalue weighted by atomic mass is 10.1. The molecule has 2 rings (SSSR count). The summed E-state index contributed by atoms with van der Waals surface area (Å²) in [5.74, 6) is -0.748. The van der Waals surface area contributed by atoms with E-state index in [0.29, 0.717) is 13.0 Å². The van der Waals surface area contributed by atoms with Gasteiger partial charge in [0, 0.05) is 6.04 Å². The number of nitrogens with one attached hydrogen (secondary N) is 1. The third kappa shape index (κ3) is 3.62. The minimum atomic E-state index is -3.96. The lowest BCUT2D eigenvalue weighted by Gasteiger charge is -2.20. The summed E-state index contributed by atoms with van der Waals surface area (Å²) in [5, 5.41) is -0.116. The highest BCUT2D eigenvalue weighted by Gasteiger charge is 2.32. The molecule has 0 aromatic heterocycles. The van der Waals surface area contributed by atoms with Gasteiger partial charge in [-0.25, -0.2) is 17.5 Å². The number of hydrogen-bond donors (Lipinski definition) is 2. The lowest BCUT2D eigenvalue weighted by molar-refractivity contribution is 0.451. The molecule has 1 aliphatic rings. The summed E-state index contributed by atoms with van der Waals surface area (Å²) in [7, 11) is -3.96. The standard InChI is InChI=1S/C12H16ClFN2O2S.ClH/c13-9-4-2-5-10(14)12(9)19(17,18)16-11-6-1-3-8(11)7-15;/h2,4-5,8,11,16H,1,3,6-7,15H2;1H. The number of hydrogen-bond acceptors (Lipinski definition) is 3. The summed E-state index contributed by atoms with van der Waals surface area (Å²) >= 11 is 5.79. The third-order valence-electron chi connectivity index (χ3n) is 3.46. The Bertz CT molecular complexity index is 548. The molecule has 2 atom stereocenters. The fraction of sp³-hybridized carbons (Fsp3) is 0.500. The highest BCUT2D eigenvalue weighted by Crippen LogP contribution is 2.29. The molecular weight excluding hydrogens is 326 g/mol. The van der Waals surface area contributed by atoms with Crippen molar-refractivity contribution in [3.8, 4) is 0 Å². The highest BCUT2D eigenvalue weighted by molar-refractivity contribution is 7.89. The van der Waals surface area contributed by atoms with E-state index in [1.165, 1.54) is 12.1 Å². The van der Waals surface area contributed by atoms with Crippen molar-refractivity contribution in [3.05, 3.63) is 29.0 Å². The predicted octanol–water partition coefficient (Wildman–Crippen LogP) is 2.31. The van der Waals surface area contributed by atoms with Gasteiger partial charge in [-0.2, -0.15) is 0 Å². The van der Waals surface area contributed by atoms with Gasteiger partial charge in [-0.3, -0.25) is 0 Å². The molecule has 0 heterocycles. The Balaban J connectivity index is 0.00000200. The van der Waals surface area contributed by atoms with Crippen LogP contribution in [-0.4, -0.2) is 21.0 Å². The smallest absolute Gasteiger partial charge is 0.245 e. The molecule has 0 aliphatic heterocycles. The number of nitrogens with two attached hydrogens (primary N) is 1. The van der Waals surface area contributed by atoms with Crippen LogP contribution >= 0.6 is 24.0 Å². The van der Waals surface area contributed by atoms with E-state index in [1.54, 1.807) is 0 Å². The van der Waals surface area contributed by atoms with Gasteiger partial charge in [0.1, 0.15) is 10.7 Å². The van der Waals surface area contributed by atoms with Crippen LogP contribution in [0.5, 0.6) is 0 Å². The van der Waals surface area contributed by atoms with Crippen molar-refractivity contribution in [1.29, 1.82) is 0 Å². The van der Waals surface area contributed by atoms with Crippen LogP contribution in [0.15, 0.2) is 23.1 Å². The van der Waals surface area contributed by atoms with Gasteiger partial charge in [0.05, 0.1) is 5.02 Å². The molecule has 114 valence electrons. The maximum absolute atomic E-state index is 13.7. The van der Waals surface area contributed by atoms with Crippen molar-refractivity contribution in [2.45, 2.75) is 30.2 Å². The zero-order valence-electron chi connectivity index (χ0n) is 10.7. The zero-order chi connectivity index (χ0) is 14.0. The second-order valence-corrected chi connectivity index (χ2v) is 6.76. The first-order chi connectivity index (χ1) is 8.95. The first-order valence-corrected chi connectivity index (χ1v) is 7.98. The molecule has 20 heavy (non-hydrogen) atoms. The van der Waals surface area contributed by atoms with Crippen LogP contribution in [0.3, 0.4) is 0 Å². The topological polar surface area (TPSA) is 72.2 Å². The molecule has 8 heteroatoms. The molecule has 1 aliphatic carbocycles. The van der Waals surface area contributed by atoms with E-state index in [-0.39, 0.29) is 29.4 Å². The molecule has 3 N–H and O–H groups in total. The van der Waals surface area contributed by atoms with Crippen molar-refractivity contribution >= 4 is 34.0 Å². The van der Waals surface area contributed by atoms with E-state index in [9.17, 15) is 12.8 Å². The lowest BCUT2D eigenvalue weighted by Crippen LogP contribution is -2.40. The second kappa shape index (κ2) is 7.04. The third-order valence-corrected chi connectivity index (χ3v) is 5.45. The second-order valence-electron chi connectivity index (χ2n) is 4.71. The summed E-state index contributed by atoms with van der Waals surface area (Å²) < 4.78 is 40.6. The van der Waals surface area contributed by atoms with Crippen LogP contribution in [0.2, 0.25) is 5.02 Å². The van der Waals surface area contributed by atoms with Crippen LogP contribution in [-0.2, 0) is 10.0 Å². The number of rotatable bonds is 4. The van der Waals surface area contributed by atoms with Gasteiger partial charge in [-0.15, -0.1) is 12.4 Å². The first-order valence-electron chi connectivity index (χ1n) is 6.12. The van der Waals surface area contributed by atoms with E-state index in [2.05, 4.69) is 4.72 Å². The molecular formula is C12H17Cl2FN2O2S. The molecule has 1 aromatic carbocycles. The van der Waals surface area contributed by atoms with Crippen molar-refractivity contribution in [2.24, 2.45) is 11.7 Å². The normalized spacial score (nSPS) is 22.6. The quantitative estimate of drug-likeness (QED) is 0.881. The Morgan fingerprint density at radius 1 is 1.40 bits per heavy atom. The number of halogens is 3. The van der Waals surface area contributed by atoms with Crippen molar-refractivity contribution < 1.29 is 12.8 Å². The maximum atomic E-state index is 13.7. The maximum Gasteiger partial charge on any atom is 0.245 e. The minimum Gasteiger partial charge on any atom is -0.330 e. The van der Waals surface area contributed by atoms with E-state index in [4.69, 9.17) is 17.3 Å². The van der Waals surface area contributed by atoms with Gasteiger partial charge >= 0.3 is 0 Å². The molecule has 1 fully saturated rings. The highest BCUT2D eigenvalue weighted by atomic mass is 35.5. The number of benzene rings is 1. The summed E-state index contributed by atoms with van der Waals surface area (Å²) in [6.45, 7) is 0.415. The Labute approximate surface area is 129 Å². The van der Waals surface area contributed by atoms with Gasteiger partial charge in [0.25, 0.3) is 0 Å². The average molecular weight is 343 g/mol. The first kappa shape index (κ1) is 17.7. The number of sulfonamides is 1. The molecule has 2 unspecified atom stereocenters. The van der Waals surface area contributed by atoms with Crippen LogP contribution in [0.25, 0.3) is 0 Å². The molecule has 1 aromatic rings. The van der Waals surface area contributed by atoms with E-state index in [0.717, 1.165) is 18.9 Å². The minimum absolute atomic E-state index is 0. The van der Waals surface area contributed by atoms with Gasteiger partial charge in [-0.05, 0) is 37.4 Å². The van der Waals surface area contributed by atoms with Crippen molar-refractivity contribution in [1.82, 2.24) is 4.72 Å². The fourth-order valence-corrected chi connectivity index (χ4v) is 4.42. The zero-order valence-corrected chi connectivity index (χ0v) is 13.1. The molecule has 0 saturated heterocycles. The summed E-state index contributed by atoms with van der Waals surface area (Å²) in [6, 6.07) is 3.56. The van der Waals surface area contributed by atoms with Gasteiger partial charge < -0.3 is 5.73 Å². The predicted molar refractivity (Wildman–Crippen MR) is 79.2 cm³/mol. The Hall–Kier alpha value is -0.400. The molecule has 1 saturated carbocycles. The fourth-order valence-electron chi connectivity index (χ4n) is 2.47. The van der Waals surface area contributed by atoms with Crippen molar-refractivity contribution in [2.75, 3.05) is 6.54 Å². The van der Waals surface area contributed by atoms with Crippen LogP contribution in [0.4, 0.5) is 4.39 Å². The molecule has 0 radical (unpaired) electrons. The monoisotopic (exact) mass is 342 g/mol. The largest absolute Gasteiger partial charge is 0.330 e. The Morgan fingerprint density at radius 2 is 2.10 bits per heavy atom. The summed E-state index contributed by atoms with van der Waals surface area (Å²) in [4.78, 5) is -0.487. The van der Waals surface area contributed by atoms with Gasteiger partial charge in [0.2, 0.25) is 10.0 Å².